The van der Waals surface area contributed by atoms with Crippen LogP contribution in [0.1, 0.15) is 6.92 Å². The van der Waals surface area contributed by atoms with E-state index in [4.69, 9.17) is 11.5 Å². The minimum Gasteiger partial charge on any atom is -0.399 e. The Morgan fingerprint density at radius 1 is 1.56 bits per heavy atom. The number of dihydropyridines is 1. The molecule has 0 fully saturated rings. The number of hydrogen-bond donors (Lipinski definition) is 3. The standard InChI is InChI=1S/C6H11N3/c1-4-6(8)5(7)2-3-9-4/h2-4,9H,7-8H2,1H3. The fourth-order valence-electron chi connectivity index (χ4n) is 0.718. The van der Waals surface area contributed by atoms with Crippen LogP contribution in [0.25, 0.3) is 0 Å². The summed E-state index contributed by atoms with van der Waals surface area (Å²) in [5.41, 5.74) is 12.4. The van der Waals surface area contributed by atoms with Gasteiger partial charge in [-0.2, -0.15) is 0 Å². The summed E-state index contributed by atoms with van der Waals surface area (Å²) in [5, 5.41) is 3.02. The fourth-order valence-corrected chi connectivity index (χ4v) is 0.718. The van der Waals surface area contributed by atoms with Crippen LogP contribution in [-0.2, 0) is 0 Å². The van der Waals surface area contributed by atoms with E-state index in [1.165, 1.54) is 0 Å². The lowest BCUT2D eigenvalue weighted by molar-refractivity contribution is 0.698. The highest BCUT2D eigenvalue weighted by molar-refractivity contribution is 5.27. The van der Waals surface area contributed by atoms with E-state index in [0.717, 1.165) is 5.70 Å². The molecule has 5 N–H and O–H groups in total. The average Bonchev–Trinajstić information content (AvgIpc) is 1.83. The highest BCUT2D eigenvalue weighted by Gasteiger charge is 2.07. The normalized spacial score (nSPS) is 26.1. The van der Waals surface area contributed by atoms with Gasteiger partial charge in [-0.1, -0.05) is 0 Å². The molecule has 1 unspecified atom stereocenters. The van der Waals surface area contributed by atoms with E-state index in [1.54, 1.807) is 12.3 Å². The molecule has 1 rings (SSSR count). The maximum Gasteiger partial charge on any atom is 0.0645 e. The molecule has 0 spiro atoms. The van der Waals surface area contributed by atoms with E-state index in [2.05, 4.69) is 5.32 Å². The van der Waals surface area contributed by atoms with Crippen LogP contribution >= 0.6 is 0 Å². The topological polar surface area (TPSA) is 64.1 Å². The van der Waals surface area contributed by atoms with Gasteiger partial charge >= 0.3 is 0 Å². The van der Waals surface area contributed by atoms with Crippen molar-refractivity contribution in [2.45, 2.75) is 13.0 Å². The first-order valence-corrected chi connectivity index (χ1v) is 2.89. The molecule has 1 atom stereocenters. The number of allylic oxidation sites excluding steroid dienone is 1. The third kappa shape index (κ3) is 0.988. The van der Waals surface area contributed by atoms with Gasteiger partial charge in [0.1, 0.15) is 0 Å². The minimum atomic E-state index is 0.176. The zero-order valence-corrected chi connectivity index (χ0v) is 5.39. The minimum absolute atomic E-state index is 0.176. The third-order valence-corrected chi connectivity index (χ3v) is 1.41. The largest absolute Gasteiger partial charge is 0.399 e. The van der Waals surface area contributed by atoms with Crippen molar-refractivity contribution in [3.63, 3.8) is 0 Å². The summed E-state index contributed by atoms with van der Waals surface area (Å²) in [6.07, 6.45) is 3.56. The molecule has 3 heteroatoms. The molecule has 9 heavy (non-hydrogen) atoms. The molecule has 0 radical (unpaired) electrons. The zero-order valence-electron chi connectivity index (χ0n) is 5.39. The number of hydrogen-bond acceptors (Lipinski definition) is 3. The predicted octanol–water partition coefficient (Wildman–Crippen LogP) is -0.379. The van der Waals surface area contributed by atoms with Gasteiger partial charge in [-0.05, 0) is 19.2 Å². The summed E-state index contributed by atoms with van der Waals surface area (Å²) < 4.78 is 0. The monoisotopic (exact) mass is 125 g/mol. The third-order valence-electron chi connectivity index (χ3n) is 1.41. The Balaban J connectivity index is 2.83. The van der Waals surface area contributed by atoms with Gasteiger partial charge < -0.3 is 16.8 Å². The fraction of sp³-hybridized carbons (Fsp3) is 0.333. The Kier molecular flexibility index (Phi) is 1.34. The van der Waals surface area contributed by atoms with E-state index in [0.29, 0.717) is 5.70 Å². The molecule has 0 aromatic heterocycles. The van der Waals surface area contributed by atoms with Crippen LogP contribution in [0.2, 0.25) is 0 Å². The molecule has 3 nitrogen and oxygen atoms in total. The van der Waals surface area contributed by atoms with E-state index in [9.17, 15) is 0 Å². The summed E-state index contributed by atoms with van der Waals surface area (Å²) in [6.45, 7) is 1.96. The van der Waals surface area contributed by atoms with Crippen LogP contribution in [0.3, 0.4) is 0 Å². The molecule has 0 aromatic rings. The Hall–Kier alpha value is -1.12. The first-order chi connectivity index (χ1) is 4.22. The lowest BCUT2D eigenvalue weighted by atomic mass is 10.1. The van der Waals surface area contributed by atoms with Crippen molar-refractivity contribution >= 4 is 0 Å². The number of nitrogens with one attached hydrogen (secondary N) is 1. The van der Waals surface area contributed by atoms with Crippen molar-refractivity contribution in [2.24, 2.45) is 11.5 Å². The van der Waals surface area contributed by atoms with Crippen LogP contribution < -0.4 is 16.8 Å². The van der Waals surface area contributed by atoms with Crippen LogP contribution in [0, 0.1) is 0 Å². The molecule has 1 aliphatic heterocycles. The molecule has 1 aliphatic rings. The highest BCUT2D eigenvalue weighted by Crippen LogP contribution is 2.03. The van der Waals surface area contributed by atoms with Gasteiger partial charge in [-0.3, -0.25) is 0 Å². The van der Waals surface area contributed by atoms with Crippen molar-refractivity contribution < 1.29 is 0 Å². The van der Waals surface area contributed by atoms with Gasteiger partial charge in [0.25, 0.3) is 0 Å². The van der Waals surface area contributed by atoms with Gasteiger partial charge in [0.15, 0.2) is 0 Å². The van der Waals surface area contributed by atoms with E-state index in [-0.39, 0.29) is 6.04 Å². The predicted molar refractivity (Wildman–Crippen MR) is 37.1 cm³/mol. The summed E-state index contributed by atoms with van der Waals surface area (Å²) in [6, 6.07) is 0.176. The second-order valence-electron chi connectivity index (χ2n) is 2.13. The van der Waals surface area contributed by atoms with Crippen molar-refractivity contribution in [1.82, 2.24) is 5.32 Å². The van der Waals surface area contributed by atoms with Crippen molar-refractivity contribution in [1.29, 1.82) is 0 Å². The molecule has 0 bridgehead atoms. The highest BCUT2D eigenvalue weighted by atomic mass is 14.9. The second kappa shape index (κ2) is 2.01. The summed E-state index contributed by atoms with van der Waals surface area (Å²) >= 11 is 0. The SMILES string of the molecule is CC1NC=CC(N)=C1N. The smallest absolute Gasteiger partial charge is 0.0645 e. The van der Waals surface area contributed by atoms with Crippen LogP contribution in [0.5, 0.6) is 0 Å². The molecule has 0 saturated carbocycles. The van der Waals surface area contributed by atoms with Gasteiger partial charge in [0.2, 0.25) is 0 Å². The zero-order chi connectivity index (χ0) is 6.85. The lowest BCUT2D eigenvalue weighted by Gasteiger charge is -2.17. The Labute approximate surface area is 54.4 Å². The average molecular weight is 125 g/mol. The summed E-state index contributed by atoms with van der Waals surface area (Å²) in [5.74, 6) is 0. The number of nitrogens with two attached hydrogens (primary N) is 2. The van der Waals surface area contributed by atoms with E-state index < -0.39 is 0 Å². The molecule has 0 aliphatic carbocycles. The lowest BCUT2D eigenvalue weighted by Crippen LogP contribution is -2.32. The molecule has 50 valence electrons. The maximum atomic E-state index is 5.56. The molecule has 0 aromatic carbocycles. The molecular weight excluding hydrogens is 114 g/mol. The Morgan fingerprint density at radius 3 is 2.67 bits per heavy atom. The van der Waals surface area contributed by atoms with E-state index in [1.807, 2.05) is 6.92 Å². The molecule has 1 heterocycles. The maximum absolute atomic E-state index is 5.56. The summed E-state index contributed by atoms with van der Waals surface area (Å²) in [7, 11) is 0. The van der Waals surface area contributed by atoms with Gasteiger partial charge in [-0.25, -0.2) is 0 Å². The van der Waals surface area contributed by atoms with Crippen LogP contribution in [0.15, 0.2) is 23.7 Å². The first kappa shape index (κ1) is 6.01. The molecule has 0 saturated heterocycles. The van der Waals surface area contributed by atoms with Gasteiger partial charge in [0.05, 0.1) is 17.4 Å². The first-order valence-electron chi connectivity index (χ1n) is 2.89. The number of rotatable bonds is 0. The van der Waals surface area contributed by atoms with E-state index >= 15 is 0 Å². The molecule has 0 amide bonds. The summed E-state index contributed by atoms with van der Waals surface area (Å²) in [4.78, 5) is 0. The van der Waals surface area contributed by atoms with Gasteiger partial charge in [-0.15, -0.1) is 0 Å². The molecular formula is C6H11N3. The van der Waals surface area contributed by atoms with Crippen molar-refractivity contribution in [3.05, 3.63) is 23.7 Å². The Morgan fingerprint density at radius 2 is 2.22 bits per heavy atom. The quantitative estimate of drug-likeness (QED) is 0.413. The second-order valence-corrected chi connectivity index (χ2v) is 2.13. The van der Waals surface area contributed by atoms with Crippen LogP contribution in [0.4, 0.5) is 0 Å². The Bertz CT molecular complexity index is 169. The van der Waals surface area contributed by atoms with Crippen LogP contribution in [-0.4, -0.2) is 6.04 Å². The van der Waals surface area contributed by atoms with Gasteiger partial charge in [0, 0.05) is 0 Å². The van der Waals surface area contributed by atoms with Crippen molar-refractivity contribution in [2.75, 3.05) is 0 Å². The van der Waals surface area contributed by atoms with Crippen molar-refractivity contribution in [3.8, 4) is 0 Å².